The van der Waals surface area contributed by atoms with E-state index in [0.717, 1.165) is 24.2 Å². The van der Waals surface area contributed by atoms with Gasteiger partial charge in [-0.3, -0.25) is 33.7 Å². The minimum absolute atomic E-state index is 0.0716. The molecule has 304 valence electrons. The minimum Gasteiger partial charge on any atom is -0.363 e. The van der Waals surface area contributed by atoms with Gasteiger partial charge in [0.2, 0.25) is 17.6 Å². The molecule has 5 N–H and O–H groups in total. The summed E-state index contributed by atoms with van der Waals surface area (Å²) in [6.07, 6.45) is 5.29. The molecule has 0 bridgehead atoms. The van der Waals surface area contributed by atoms with Gasteiger partial charge in [-0.25, -0.2) is 4.79 Å². The van der Waals surface area contributed by atoms with Gasteiger partial charge in [-0.05, 0) is 48.1 Å². The summed E-state index contributed by atoms with van der Waals surface area (Å²) in [6, 6.07) is 2.24. The lowest BCUT2D eigenvalue weighted by Crippen LogP contribution is -2.62. The number of hydrogen-bond donors (Lipinski definition) is 4. The highest BCUT2D eigenvalue weighted by Gasteiger charge is 2.44. The molecule has 1 aromatic rings. The van der Waals surface area contributed by atoms with Crippen LogP contribution in [-0.2, 0) is 19.2 Å². The summed E-state index contributed by atoms with van der Waals surface area (Å²) in [5, 5.41) is 8.37. The lowest BCUT2D eigenvalue weighted by molar-refractivity contribution is -0.143. The van der Waals surface area contributed by atoms with E-state index in [0.29, 0.717) is 30.4 Å². The number of amides is 7. The van der Waals surface area contributed by atoms with Crippen LogP contribution >= 0.6 is 0 Å². The first-order valence-electron chi connectivity index (χ1n) is 19.8. The molecule has 54 heavy (non-hydrogen) atoms. The Labute approximate surface area is 323 Å². The molecule has 4 atom stereocenters. The highest BCUT2D eigenvalue weighted by atomic mass is 16.2. The fraction of sp³-hybridized carbons (Fsp3) is 0.683. The molecular formula is C41H68N6O7. The number of primary amides is 1. The van der Waals surface area contributed by atoms with Crippen molar-refractivity contribution in [3.05, 3.63) is 35.4 Å². The molecular weight excluding hydrogens is 688 g/mol. The third-order valence-electron chi connectivity index (χ3n) is 9.49. The van der Waals surface area contributed by atoms with Crippen molar-refractivity contribution in [3.63, 3.8) is 0 Å². The summed E-state index contributed by atoms with van der Waals surface area (Å²) in [7, 11) is 0. The number of urea groups is 1. The second-order valence-electron chi connectivity index (χ2n) is 15.8. The van der Waals surface area contributed by atoms with Crippen LogP contribution in [0.2, 0.25) is 0 Å². The van der Waals surface area contributed by atoms with Crippen LogP contribution < -0.4 is 21.7 Å². The van der Waals surface area contributed by atoms with Gasteiger partial charge in [-0.2, -0.15) is 0 Å². The van der Waals surface area contributed by atoms with Crippen molar-refractivity contribution in [1.29, 1.82) is 0 Å². The van der Waals surface area contributed by atoms with E-state index in [-0.39, 0.29) is 19.0 Å². The largest absolute Gasteiger partial charge is 0.363 e. The van der Waals surface area contributed by atoms with Gasteiger partial charge in [-0.15, -0.1) is 0 Å². The van der Waals surface area contributed by atoms with E-state index in [9.17, 15) is 33.6 Å². The van der Waals surface area contributed by atoms with Crippen molar-refractivity contribution in [2.24, 2.45) is 22.5 Å². The number of ketones is 1. The second kappa shape index (κ2) is 21.6. The van der Waals surface area contributed by atoms with Gasteiger partial charge in [-0.1, -0.05) is 121 Å². The zero-order valence-corrected chi connectivity index (χ0v) is 34.9. The molecule has 13 heteroatoms. The van der Waals surface area contributed by atoms with Gasteiger partial charge in [0.05, 0.1) is 29.8 Å². The maximum absolute atomic E-state index is 14.0. The molecule has 2 fully saturated rings. The van der Waals surface area contributed by atoms with Gasteiger partial charge >= 0.3 is 6.03 Å². The first-order valence-corrected chi connectivity index (χ1v) is 19.8. The number of carbonyl (C=O) groups is 7. The number of nitrogens with one attached hydrogen (secondary N) is 3. The Balaban J connectivity index is 0.00000195. The maximum Gasteiger partial charge on any atom is 0.315 e. The van der Waals surface area contributed by atoms with E-state index in [4.69, 9.17) is 5.73 Å². The van der Waals surface area contributed by atoms with Crippen LogP contribution in [0.4, 0.5) is 4.79 Å². The van der Waals surface area contributed by atoms with Gasteiger partial charge in [0, 0.05) is 6.54 Å². The fourth-order valence-corrected chi connectivity index (χ4v) is 6.31. The number of carbonyl (C=O) groups excluding carboxylic acids is 7. The first kappa shape index (κ1) is 47.7. The topological polar surface area (TPSA) is 188 Å². The Morgan fingerprint density at radius 2 is 1.31 bits per heavy atom. The van der Waals surface area contributed by atoms with Crippen molar-refractivity contribution in [2.45, 2.75) is 152 Å². The Morgan fingerprint density at radius 3 is 1.74 bits per heavy atom. The zero-order chi connectivity index (χ0) is 41.6. The predicted molar refractivity (Wildman–Crippen MR) is 211 cm³/mol. The molecule has 1 saturated heterocycles. The molecule has 13 nitrogen and oxygen atoms in total. The van der Waals surface area contributed by atoms with Crippen molar-refractivity contribution >= 4 is 41.4 Å². The Bertz CT molecular complexity index is 1430. The monoisotopic (exact) mass is 757 g/mol. The summed E-state index contributed by atoms with van der Waals surface area (Å²) < 4.78 is 0. The Hall–Kier alpha value is -4.29. The summed E-state index contributed by atoms with van der Waals surface area (Å²) in [4.78, 5) is 93.9. The van der Waals surface area contributed by atoms with Crippen LogP contribution in [-0.4, -0.2) is 88.4 Å². The quantitative estimate of drug-likeness (QED) is 0.167. The summed E-state index contributed by atoms with van der Waals surface area (Å²) in [5.41, 5.74) is 4.54. The fourth-order valence-electron chi connectivity index (χ4n) is 6.31. The number of nitrogens with zero attached hydrogens (tertiary/aromatic N) is 2. The van der Waals surface area contributed by atoms with Crippen molar-refractivity contribution in [1.82, 2.24) is 25.8 Å². The zero-order valence-electron chi connectivity index (χ0n) is 34.9. The lowest BCUT2D eigenvalue weighted by atomic mass is 9.80. The highest BCUT2D eigenvalue weighted by Crippen LogP contribution is 2.32. The normalized spacial score (nSPS) is 18.1. The third-order valence-corrected chi connectivity index (χ3v) is 9.49. The molecule has 0 spiro atoms. The number of likely N-dealkylation sites (tertiary alicyclic amines) is 1. The average Bonchev–Trinajstić information content (AvgIpc) is 3.68. The number of hydrogen-bond acceptors (Lipinski definition) is 7. The van der Waals surface area contributed by atoms with Crippen LogP contribution in [0.3, 0.4) is 0 Å². The van der Waals surface area contributed by atoms with Crippen molar-refractivity contribution in [3.8, 4) is 0 Å². The van der Waals surface area contributed by atoms with Gasteiger partial charge in [0.15, 0.2) is 0 Å². The molecule has 1 saturated carbocycles. The first-order chi connectivity index (χ1) is 25.3. The molecule has 3 aliphatic rings. The number of Topliss-reactive ketones (excluding diaryl/α,β-unsaturated/α-hetero) is 1. The maximum atomic E-state index is 14.0. The standard InChI is InChI=1S/C34H48N6O7.C3H8.2C2H6/c1-33(2,3)24(18-40-29(44)20-13-7-8-14-21(20)30(40)45)37-32(47)38-26(34(4,5)6)31(46)39-16-10-15-23(39)28(43)36-22(25(41)27(35)42)17-19-11-9-12-19;1-3-2;2*1-2/h7-8,13-14,19,22-24,26H,9-12,15-18H2,1-6H3,(H2,35,42)(H,36,43)(H2,37,38,47);3H2,1-2H3;2*1-2H3/t22?,23?,24-,26?;;;/m1.../s1. The predicted octanol–water partition coefficient (Wildman–Crippen LogP) is 5.60. The Kier molecular flexibility index (Phi) is 19.1. The van der Waals surface area contributed by atoms with Crippen molar-refractivity contribution in [2.75, 3.05) is 13.1 Å². The van der Waals surface area contributed by atoms with Crippen LogP contribution in [0.15, 0.2) is 24.3 Å². The molecule has 1 aliphatic carbocycles. The van der Waals surface area contributed by atoms with E-state index >= 15 is 0 Å². The van der Waals surface area contributed by atoms with E-state index in [1.807, 2.05) is 48.5 Å². The number of fused-ring (bicyclic) bond motifs is 1. The number of nitrogens with two attached hydrogens (primary N) is 1. The summed E-state index contributed by atoms with van der Waals surface area (Å²) in [6.45, 7) is 23.4. The van der Waals surface area contributed by atoms with E-state index in [2.05, 4.69) is 29.8 Å². The number of imide groups is 1. The lowest BCUT2D eigenvalue weighted by Gasteiger charge is -2.37. The SMILES string of the molecule is CC.CC.CC(C)(C)C(NC(=O)N[C@H](CN1C(=O)c2ccccc2C1=O)C(C)(C)C)C(=O)N1CCCC1C(=O)NC(CC1CCC1)C(=O)C(N)=O.CCC. The molecule has 1 aromatic carbocycles. The number of rotatable bonds is 11. The summed E-state index contributed by atoms with van der Waals surface area (Å²) >= 11 is 0. The molecule has 2 heterocycles. The Morgan fingerprint density at radius 1 is 0.796 bits per heavy atom. The molecule has 2 aliphatic heterocycles. The summed E-state index contributed by atoms with van der Waals surface area (Å²) in [5.74, 6) is -3.64. The van der Waals surface area contributed by atoms with Crippen molar-refractivity contribution < 1.29 is 33.6 Å². The second-order valence-corrected chi connectivity index (χ2v) is 15.8. The molecule has 0 aromatic heterocycles. The molecule has 3 unspecified atom stereocenters. The average molecular weight is 757 g/mol. The van der Waals surface area contributed by atoms with Crippen LogP contribution in [0.5, 0.6) is 0 Å². The van der Waals surface area contributed by atoms with E-state index in [1.54, 1.807) is 45.0 Å². The minimum atomic E-state index is -1.12. The van der Waals surface area contributed by atoms with Gasteiger partial charge in [0.25, 0.3) is 17.7 Å². The van der Waals surface area contributed by atoms with Gasteiger partial charge in [0.1, 0.15) is 12.1 Å². The number of benzene rings is 1. The van der Waals surface area contributed by atoms with E-state index < -0.39 is 76.3 Å². The van der Waals surface area contributed by atoms with Crippen LogP contribution in [0.1, 0.15) is 149 Å². The van der Waals surface area contributed by atoms with Crippen LogP contribution in [0, 0.1) is 16.7 Å². The third kappa shape index (κ3) is 12.7. The molecule has 7 amide bonds. The smallest absolute Gasteiger partial charge is 0.315 e. The molecule has 4 rings (SSSR count). The van der Waals surface area contributed by atoms with Gasteiger partial charge < -0.3 is 26.6 Å². The highest BCUT2D eigenvalue weighted by molar-refractivity contribution is 6.37. The van der Waals surface area contributed by atoms with Crippen LogP contribution in [0.25, 0.3) is 0 Å². The van der Waals surface area contributed by atoms with E-state index in [1.165, 1.54) is 11.3 Å². The molecule has 0 radical (unpaired) electrons.